The van der Waals surface area contributed by atoms with Crippen molar-refractivity contribution in [2.75, 3.05) is 13.2 Å². The third kappa shape index (κ3) is 44.6. The van der Waals surface area contributed by atoms with Gasteiger partial charge in [0.15, 0.2) is 6.10 Å². The van der Waals surface area contributed by atoms with Crippen LogP contribution in [0.4, 0.5) is 0 Å². The van der Waals surface area contributed by atoms with Gasteiger partial charge in [-0.05, 0) is 44.9 Å². The van der Waals surface area contributed by atoms with Crippen molar-refractivity contribution in [1.29, 1.82) is 0 Å². The van der Waals surface area contributed by atoms with E-state index in [1.165, 1.54) is 135 Å². The van der Waals surface area contributed by atoms with Crippen LogP contribution in [0.5, 0.6) is 0 Å². The maximum atomic E-state index is 12.7. The average Bonchev–Trinajstić information content (AvgIpc) is 3.21. The van der Waals surface area contributed by atoms with Gasteiger partial charge < -0.3 is 14.2 Å². The third-order valence-corrected chi connectivity index (χ3v) is 10.7. The van der Waals surface area contributed by atoms with E-state index in [0.29, 0.717) is 19.3 Å². The fourth-order valence-electron chi connectivity index (χ4n) is 6.97. The molecule has 0 radical (unpaired) electrons. The second-order valence-electron chi connectivity index (χ2n) is 16.4. The molecule has 0 bridgehead atoms. The van der Waals surface area contributed by atoms with Gasteiger partial charge in [-0.15, -0.1) is 0 Å². The Bertz CT molecular complexity index is 969. The Balaban J connectivity index is 4.34. The molecule has 0 amide bonds. The normalized spacial score (nSPS) is 12.3. The first-order valence-corrected chi connectivity index (χ1v) is 24.5. The first-order valence-electron chi connectivity index (χ1n) is 24.5. The van der Waals surface area contributed by atoms with E-state index >= 15 is 0 Å². The van der Waals surface area contributed by atoms with Crippen LogP contribution in [0.25, 0.3) is 0 Å². The lowest BCUT2D eigenvalue weighted by atomic mass is 10.0. The molecule has 0 rings (SSSR count). The second kappa shape index (κ2) is 46.3. The van der Waals surface area contributed by atoms with E-state index in [1.807, 2.05) is 0 Å². The molecule has 0 aliphatic rings. The molecule has 0 aromatic heterocycles. The molecule has 0 saturated heterocycles. The molecule has 0 N–H and O–H groups in total. The van der Waals surface area contributed by atoms with Crippen molar-refractivity contribution in [2.24, 2.45) is 0 Å². The van der Waals surface area contributed by atoms with Crippen LogP contribution in [-0.2, 0) is 28.6 Å². The Kier molecular flexibility index (Phi) is 44.4. The molecule has 0 saturated carbocycles. The van der Waals surface area contributed by atoms with Crippen LogP contribution in [0.1, 0.15) is 252 Å². The predicted molar refractivity (Wildman–Crippen MR) is 242 cm³/mol. The van der Waals surface area contributed by atoms with Crippen molar-refractivity contribution in [3.05, 3.63) is 36.5 Å². The maximum Gasteiger partial charge on any atom is 0.306 e. The number of esters is 3. The van der Waals surface area contributed by atoms with Gasteiger partial charge in [0.05, 0.1) is 0 Å². The van der Waals surface area contributed by atoms with Crippen molar-refractivity contribution in [1.82, 2.24) is 0 Å². The lowest BCUT2D eigenvalue weighted by Crippen LogP contribution is -2.30. The number of allylic oxidation sites excluding steroid dienone is 6. The summed E-state index contributed by atoms with van der Waals surface area (Å²) in [6.07, 6.45) is 52.7. The van der Waals surface area contributed by atoms with Gasteiger partial charge in [0.25, 0.3) is 0 Å². The predicted octanol–water partition coefficient (Wildman–Crippen LogP) is 15.8. The molecule has 0 aliphatic heterocycles. The number of rotatable bonds is 44. The van der Waals surface area contributed by atoms with Crippen molar-refractivity contribution >= 4 is 17.9 Å². The summed E-state index contributed by atoms with van der Waals surface area (Å²) in [5.74, 6) is -0.892. The Morgan fingerprint density at radius 1 is 0.351 bits per heavy atom. The van der Waals surface area contributed by atoms with Crippen molar-refractivity contribution < 1.29 is 28.6 Å². The van der Waals surface area contributed by atoms with Crippen LogP contribution in [-0.4, -0.2) is 37.2 Å². The number of hydrogen-bond donors (Lipinski definition) is 0. The van der Waals surface area contributed by atoms with Crippen LogP contribution in [0.2, 0.25) is 0 Å². The fourth-order valence-corrected chi connectivity index (χ4v) is 6.97. The number of unbranched alkanes of at least 4 members (excludes halogenated alkanes) is 29. The van der Waals surface area contributed by atoms with Gasteiger partial charge in [0.1, 0.15) is 13.2 Å². The van der Waals surface area contributed by atoms with Gasteiger partial charge in [-0.25, -0.2) is 0 Å². The monoisotopic (exact) mass is 801 g/mol. The van der Waals surface area contributed by atoms with Crippen LogP contribution in [0.15, 0.2) is 36.5 Å². The van der Waals surface area contributed by atoms with E-state index in [0.717, 1.165) is 77.0 Å². The first kappa shape index (κ1) is 54.6. The summed E-state index contributed by atoms with van der Waals surface area (Å²) in [6, 6.07) is 0. The summed E-state index contributed by atoms with van der Waals surface area (Å²) in [5, 5.41) is 0. The Hall–Kier alpha value is -2.37. The minimum absolute atomic E-state index is 0.0755. The topological polar surface area (TPSA) is 78.9 Å². The van der Waals surface area contributed by atoms with Crippen molar-refractivity contribution in [3.8, 4) is 0 Å². The number of carbonyl (C=O) groups excluding carboxylic acids is 3. The average molecular weight is 801 g/mol. The zero-order valence-corrected chi connectivity index (χ0v) is 37.9. The molecule has 0 aromatic rings. The largest absolute Gasteiger partial charge is 0.462 e. The highest BCUT2D eigenvalue weighted by Gasteiger charge is 2.19. The van der Waals surface area contributed by atoms with E-state index in [2.05, 4.69) is 57.2 Å². The van der Waals surface area contributed by atoms with E-state index in [9.17, 15) is 14.4 Å². The zero-order chi connectivity index (χ0) is 41.5. The van der Waals surface area contributed by atoms with Gasteiger partial charge in [-0.3, -0.25) is 14.4 Å². The molecule has 1 unspecified atom stereocenters. The van der Waals surface area contributed by atoms with Gasteiger partial charge in [-0.1, -0.05) is 224 Å². The fraction of sp³-hybridized carbons (Fsp3) is 0.824. The Labute approximate surface area is 353 Å². The molecule has 0 aliphatic carbocycles. The summed E-state index contributed by atoms with van der Waals surface area (Å²) in [4.78, 5) is 37.8. The summed E-state index contributed by atoms with van der Waals surface area (Å²) in [5.41, 5.74) is 0. The molecule has 0 spiro atoms. The van der Waals surface area contributed by atoms with Gasteiger partial charge in [-0.2, -0.15) is 0 Å². The number of hydrogen-bond acceptors (Lipinski definition) is 6. The van der Waals surface area contributed by atoms with Crippen LogP contribution >= 0.6 is 0 Å². The van der Waals surface area contributed by atoms with Gasteiger partial charge >= 0.3 is 17.9 Å². The summed E-state index contributed by atoms with van der Waals surface area (Å²) < 4.78 is 16.7. The standard InChI is InChI=1S/C51H92O6/c1-4-7-10-13-16-19-21-23-24-25-26-27-28-30-32-35-38-41-44-50(53)56-47-48(46-55-49(52)43-40-37-34-31-18-15-12-9-6-3)57-51(54)45-42-39-36-33-29-22-20-17-14-11-8-5-2/h21,23-27,48H,4-20,22,28-47H2,1-3H3/b23-21-,25-24-,27-26-. The summed E-state index contributed by atoms with van der Waals surface area (Å²) in [6.45, 7) is 6.59. The Morgan fingerprint density at radius 2 is 0.632 bits per heavy atom. The summed E-state index contributed by atoms with van der Waals surface area (Å²) in [7, 11) is 0. The van der Waals surface area contributed by atoms with E-state index in [4.69, 9.17) is 14.2 Å². The quantitative estimate of drug-likeness (QED) is 0.0264. The molecular weight excluding hydrogens is 709 g/mol. The number of ether oxygens (including phenoxy) is 3. The van der Waals surface area contributed by atoms with Crippen molar-refractivity contribution in [3.63, 3.8) is 0 Å². The second-order valence-corrected chi connectivity index (χ2v) is 16.4. The molecule has 0 fully saturated rings. The van der Waals surface area contributed by atoms with Crippen LogP contribution in [0, 0.1) is 0 Å². The molecule has 0 heterocycles. The molecule has 6 heteroatoms. The summed E-state index contributed by atoms with van der Waals surface area (Å²) >= 11 is 0. The van der Waals surface area contributed by atoms with Crippen molar-refractivity contribution in [2.45, 2.75) is 258 Å². The maximum absolute atomic E-state index is 12.7. The van der Waals surface area contributed by atoms with Crippen LogP contribution < -0.4 is 0 Å². The lowest BCUT2D eigenvalue weighted by Gasteiger charge is -2.18. The molecule has 332 valence electrons. The van der Waals surface area contributed by atoms with Gasteiger partial charge in [0.2, 0.25) is 0 Å². The molecule has 57 heavy (non-hydrogen) atoms. The smallest absolute Gasteiger partial charge is 0.306 e. The van der Waals surface area contributed by atoms with E-state index in [-0.39, 0.29) is 31.1 Å². The molecule has 1 atom stereocenters. The minimum atomic E-state index is -0.773. The van der Waals surface area contributed by atoms with Crippen LogP contribution in [0.3, 0.4) is 0 Å². The zero-order valence-electron chi connectivity index (χ0n) is 37.9. The van der Waals surface area contributed by atoms with E-state index in [1.54, 1.807) is 0 Å². The first-order chi connectivity index (χ1) is 28.0. The highest BCUT2D eigenvalue weighted by atomic mass is 16.6. The molecule has 0 aromatic carbocycles. The molecular formula is C51H92O6. The lowest BCUT2D eigenvalue weighted by molar-refractivity contribution is -0.167. The van der Waals surface area contributed by atoms with E-state index < -0.39 is 6.10 Å². The van der Waals surface area contributed by atoms with Gasteiger partial charge in [0, 0.05) is 19.3 Å². The third-order valence-electron chi connectivity index (χ3n) is 10.7. The Morgan fingerprint density at radius 3 is 0.965 bits per heavy atom. The highest BCUT2D eigenvalue weighted by Crippen LogP contribution is 2.15. The minimum Gasteiger partial charge on any atom is -0.462 e. The SMILES string of the molecule is CCCCCCC\C=C/C=C\C=C/CCCCCCCC(=O)OCC(COC(=O)CCCCCCCCCCC)OC(=O)CCCCCCCCCCCCCC. The highest BCUT2D eigenvalue weighted by molar-refractivity contribution is 5.71. The molecule has 6 nitrogen and oxygen atoms in total. The number of carbonyl (C=O) groups is 3.